The first-order chi connectivity index (χ1) is 15.3. The Morgan fingerprint density at radius 2 is 2.00 bits per heavy atom. The zero-order valence-electron chi connectivity index (χ0n) is 16.9. The molecule has 0 radical (unpaired) electrons. The van der Waals surface area contributed by atoms with Crippen molar-refractivity contribution < 1.29 is 4.74 Å². The number of anilines is 1. The smallest absolute Gasteiger partial charge is 0.163 e. The average Bonchev–Trinajstić information content (AvgIpc) is 3.46. The summed E-state index contributed by atoms with van der Waals surface area (Å²) >= 11 is 1.69. The highest BCUT2D eigenvalue weighted by molar-refractivity contribution is 7.18. The Balaban J connectivity index is 1.63. The third kappa shape index (κ3) is 3.07. The molecule has 1 atom stereocenters. The number of rotatable bonds is 3. The zero-order chi connectivity index (χ0) is 20.8. The van der Waals surface area contributed by atoms with Crippen LogP contribution in [-0.4, -0.2) is 50.7 Å². The second-order valence-electron chi connectivity index (χ2n) is 7.65. The topological polar surface area (TPSA) is 79.8 Å². The molecule has 0 aliphatic carbocycles. The molecule has 6 rings (SSSR count). The zero-order valence-corrected chi connectivity index (χ0v) is 17.8. The van der Waals surface area contributed by atoms with Gasteiger partial charge in [-0.25, -0.2) is 15.0 Å². The van der Waals surface area contributed by atoms with Crippen molar-refractivity contribution in [3.05, 3.63) is 54.4 Å². The number of aromatic amines is 1. The molecule has 1 fully saturated rings. The van der Waals surface area contributed by atoms with Crippen LogP contribution in [0.4, 0.5) is 5.82 Å². The molecule has 1 saturated heterocycles. The van der Waals surface area contributed by atoms with Crippen LogP contribution in [0.3, 0.4) is 0 Å². The maximum Gasteiger partial charge on any atom is 0.163 e. The minimum absolute atomic E-state index is 0.246. The molecule has 0 aromatic carbocycles. The highest BCUT2D eigenvalue weighted by Crippen LogP contribution is 2.40. The molecule has 5 aromatic rings. The summed E-state index contributed by atoms with van der Waals surface area (Å²) in [6.07, 6.45) is 7.34. The number of H-pyrrole nitrogens is 1. The van der Waals surface area contributed by atoms with Gasteiger partial charge in [-0.05, 0) is 36.8 Å². The van der Waals surface area contributed by atoms with Gasteiger partial charge in [0, 0.05) is 53.2 Å². The fraction of sp³-hybridized carbons (Fsp3) is 0.217. The molecule has 5 aromatic heterocycles. The van der Waals surface area contributed by atoms with Crippen LogP contribution in [0.15, 0.2) is 54.4 Å². The van der Waals surface area contributed by atoms with Gasteiger partial charge < -0.3 is 14.6 Å². The molecule has 31 heavy (non-hydrogen) atoms. The van der Waals surface area contributed by atoms with Crippen molar-refractivity contribution in [2.24, 2.45) is 0 Å². The number of morpholine rings is 1. The molecule has 6 heterocycles. The first kappa shape index (κ1) is 18.4. The molecule has 7 nitrogen and oxygen atoms in total. The standard InChI is InChI=1S/C23H20N6OS/c1-14-12-30-11-10-29(14)23-20-19(18(13-31-20)15-2-6-24-7-3-15)27-22(28-23)17-5-9-26-21-16(17)4-8-25-21/h2-9,13-14H,10-12H2,1H3,(H,25,26)/t14-/m1/s1. The monoisotopic (exact) mass is 428 g/mol. The summed E-state index contributed by atoms with van der Waals surface area (Å²) in [4.78, 5) is 24.3. The van der Waals surface area contributed by atoms with E-state index in [0.29, 0.717) is 19.0 Å². The number of aromatic nitrogens is 5. The van der Waals surface area contributed by atoms with E-state index in [2.05, 4.69) is 32.2 Å². The number of thiophene rings is 1. The van der Waals surface area contributed by atoms with Gasteiger partial charge in [0.1, 0.15) is 5.65 Å². The quantitative estimate of drug-likeness (QED) is 0.455. The number of hydrogen-bond acceptors (Lipinski definition) is 7. The predicted octanol–water partition coefficient (Wildman–Crippen LogP) is 4.52. The van der Waals surface area contributed by atoms with Gasteiger partial charge in [0.05, 0.1) is 29.5 Å². The average molecular weight is 429 g/mol. The molecule has 154 valence electrons. The van der Waals surface area contributed by atoms with Gasteiger partial charge in [-0.1, -0.05) is 0 Å². The maximum absolute atomic E-state index is 5.68. The number of fused-ring (bicyclic) bond motifs is 2. The van der Waals surface area contributed by atoms with E-state index in [-0.39, 0.29) is 6.04 Å². The Morgan fingerprint density at radius 3 is 2.87 bits per heavy atom. The van der Waals surface area contributed by atoms with Crippen LogP contribution < -0.4 is 4.90 Å². The van der Waals surface area contributed by atoms with E-state index in [1.54, 1.807) is 17.5 Å². The molecule has 0 amide bonds. The Kier molecular flexibility index (Phi) is 4.40. The van der Waals surface area contributed by atoms with E-state index in [9.17, 15) is 0 Å². The number of hydrogen-bond donors (Lipinski definition) is 1. The van der Waals surface area contributed by atoms with E-state index in [1.807, 2.05) is 42.9 Å². The van der Waals surface area contributed by atoms with Gasteiger partial charge in [0.15, 0.2) is 11.6 Å². The lowest BCUT2D eigenvalue weighted by Crippen LogP contribution is -2.44. The van der Waals surface area contributed by atoms with Crippen molar-refractivity contribution in [1.82, 2.24) is 24.9 Å². The van der Waals surface area contributed by atoms with Gasteiger partial charge in [0.2, 0.25) is 0 Å². The van der Waals surface area contributed by atoms with Crippen LogP contribution in [-0.2, 0) is 4.74 Å². The predicted molar refractivity (Wildman–Crippen MR) is 123 cm³/mol. The van der Waals surface area contributed by atoms with E-state index in [1.165, 1.54) is 0 Å². The molecule has 1 N–H and O–H groups in total. The minimum atomic E-state index is 0.246. The number of pyridine rings is 2. The third-order valence-electron chi connectivity index (χ3n) is 5.73. The van der Waals surface area contributed by atoms with Crippen LogP contribution in [0.5, 0.6) is 0 Å². The van der Waals surface area contributed by atoms with Crippen molar-refractivity contribution in [3.8, 4) is 22.5 Å². The highest BCUT2D eigenvalue weighted by Gasteiger charge is 2.26. The van der Waals surface area contributed by atoms with E-state index in [4.69, 9.17) is 14.7 Å². The van der Waals surface area contributed by atoms with Crippen LogP contribution in [0.1, 0.15) is 6.92 Å². The van der Waals surface area contributed by atoms with Crippen molar-refractivity contribution in [2.75, 3.05) is 24.7 Å². The highest BCUT2D eigenvalue weighted by atomic mass is 32.1. The number of nitrogens with zero attached hydrogens (tertiary/aromatic N) is 5. The molecular weight excluding hydrogens is 408 g/mol. The van der Waals surface area contributed by atoms with Crippen LogP contribution in [0, 0.1) is 0 Å². The van der Waals surface area contributed by atoms with E-state index in [0.717, 1.165) is 50.3 Å². The third-order valence-corrected chi connectivity index (χ3v) is 6.69. The SMILES string of the molecule is C[C@@H]1COCCN1c1nc(-c2ccnc3[nH]ccc23)nc2c(-c3ccncc3)csc12. The van der Waals surface area contributed by atoms with Crippen LogP contribution in [0.2, 0.25) is 0 Å². The summed E-state index contributed by atoms with van der Waals surface area (Å²) in [6, 6.07) is 8.31. The minimum Gasteiger partial charge on any atom is -0.377 e. The summed E-state index contributed by atoms with van der Waals surface area (Å²) in [7, 11) is 0. The Hall–Kier alpha value is -3.36. The lowest BCUT2D eigenvalue weighted by atomic mass is 10.1. The van der Waals surface area contributed by atoms with Gasteiger partial charge in [-0.3, -0.25) is 4.98 Å². The molecule has 0 spiro atoms. The van der Waals surface area contributed by atoms with E-state index < -0.39 is 0 Å². The molecule has 1 aliphatic heterocycles. The second kappa shape index (κ2) is 7.40. The molecule has 0 saturated carbocycles. The van der Waals surface area contributed by atoms with Crippen molar-refractivity contribution >= 4 is 38.4 Å². The lowest BCUT2D eigenvalue weighted by Gasteiger charge is -2.34. The van der Waals surface area contributed by atoms with Gasteiger partial charge in [-0.15, -0.1) is 11.3 Å². The van der Waals surface area contributed by atoms with Gasteiger partial charge >= 0.3 is 0 Å². The van der Waals surface area contributed by atoms with Crippen LogP contribution in [0.25, 0.3) is 43.8 Å². The maximum atomic E-state index is 5.68. The number of nitrogens with one attached hydrogen (secondary N) is 1. The van der Waals surface area contributed by atoms with Gasteiger partial charge in [-0.2, -0.15) is 0 Å². The molecule has 0 unspecified atom stereocenters. The Morgan fingerprint density at radius 1 is 1.10 bits per heavy atom. The van der Waals surface area contributed by atoms with Crippen molar-refractivity contribution in [3.63, 3.8) is 0 Å². The van der Waals surface area contributed by atoms with Crippen molar-refractivity contribution in [2.45, 2.75) is 13.0 Å². The fourth-order valence-electron chi connectivity index (χ4n) is 4.15. The summed E-state index contributed by atoms with van der Waals surface area (Å²) in [6.45, 7) is 4.39. The second-order valence-corrected chi connectivity index (χ2v) is 8.53. The fourth-order valence-corrected chi connectivity index (χ4v) is 5.17. The van der Waals surface area contributed by atoms with Crippen LogP contribution >= 0.6 is 11.3 Å². The Labute approximate surface area is 182 Å². The largest absolute Gasteiger partial charge is 0.377 e. The summed E-state index contributed by atoms with van der Waals surface area (Å²) < 4.78 is 6.78. The first-order valence-electron chi connectivity index (χ1n) is 10.3. The molecule has 8 heteroatoms. The normalized spacial score (nSPS) is 16.9. The molecular formula is C23H20N6OS. The molecule has 1 aliphatic rings. The van der Waals surface area contributed by atoms with Crippen molar-refractivity contribution in [1.29, 1.82) is 0 Å². The summed E-state index contributed by atoms with van der Waals surface area (Å²) in [5.41, 5.74) is 4.99. The Bertz CT molecular complexity index is 1380. The van der Waals surface area contributed by atoms with Gasteiger partial charge in [0.25, 0.3) is 0 Å². The summed E-state index contributed by atoms with van der Waals surface area (Å²) in [5.74, 6) is 1.68. The first-order valence-corrected chi connectivity index (χ1v) is 11.1. The van der Waals surface area contributed by atoms with E-state index >= 15 is 0 Å². The summed E-state index contributed by atoms with van der Waals surface area (Å²) in [5, 5.41) is 3.19. The molecule has 0 bridgehead atoms. The number of ether oxygens (including phenoxy) is 1. The lowest BCUT2D eigenvalue weighted by molar-refractivity contribution is 0.0987.